The minimum Gasteiger partial charge on any atom is -0.489 e. The quantitative estimate of drug-likeness (QED) is 0.931. The molecule has 2 aromatic carbocycles. The van der Waals surface area contributed by atoms with Crippen LogP contribution in [-0.2, 0) is 4.79 Å². The molecule has 0 spiro atoms. The van der Waals surface area contributed by atoms with Crippen molar-refractivity contribution < 1.29 is 14.6 Å². The highest BCUT2D eigenvalue weighted by Crippen LogP contribution is 2.25. The minimum atomic E-state index is -0.780. The van der Waals surface area contributed by atoms with Crippen LogP contribution in [0.5, 0.6) is 5.75 Å². The van der Waals surface area contributed by atoms with Crippen LogP contribution < -0.4 is 4.74 Å². The lowest BCUT2D eigenvalue weighted by molar-refractivity contribution is -0.141. The normalized spacial score (nSPS) is 23.1. The smallest absolute Gasteiger partial charge is 0.321 e. The Balaban J connectivity index is 1.75. The highest BCUT2D eigenvalue weighted by molar-refractivity contribution is 5.83. The molecule has 0 aromatic heterocycles. The zero-order valence-corrected chi connectivity index (χ0v) is 11.3. The number of aliphatic carboxylic acids is 1. The summed E-state index contributed by atoms with van der Waals surface area (Å²) in [5, 5.41) is 11.4. The van der Waals surface area contributed by atoms with Gasteiger partial charge in [0.1, 0.15) is 17.9 Å². The van der Waals surface area contributed by atoms with Crippen molar-refractivity contribution in [3.63, 3.8) is 0 Å². The molecule has 2 atom stereocenters. The highest BCUT2D eigenvalue weighted by atomic mass is 16.5. The first kappa shape index (κ1) is 12.9. The number of hydrogen-bond donors (Lipinski definition) is 1. The van der Waals surface area contributed by atoms with E-state index < -0.39 is 12.0 Å². The molecule has 1 aliphatic heterocycles. The third-order valence-corrected chi connectivity index (χ3v) is 3.82. The number of carbonyl (C=O) groups is 1. The van der Waals surface area contributed by atoms with E-state index in [9.17, 15) is 4.79 Å². The number of nitrogens with zero attached hydrogens (tertiary/aromatic N) is 1. The summed E-state index contributed by atoms with van der Waals surface area (Å²) in [6, 6.07) is 13.6. The van der Waals surface area contributed by atoms with Crippen LogP contribution in [0.15, 0.2) is 42.5 Å². The number of likely N-dealkylation sites (tertiary alicyclic amines) is 1. The Morgan fingerprint density at radius 1 is 1.25 bits per heavy atom. The fourth-order valence-electron chi connectivity index (χ4n) is 2.76. The second kappa shape index (κ2) is 5.13. The molecule has 1 aliphatic rings. The molecule has 0 amide bonds. The van der Waals surface area contributed by atoms with Gasteiger partial charge in [-0.3, -0.25) is 9.69 Å². The van der Waals surface area contributed by atoms with E-state index in [1.54, 1.807) is 0 Å². The number of likely N-dealkylation sites (N-methyl/N-ethyl adjacent to an activating group) is 1. The first-order chi connectivity index (χ1) is 9.63. The maximum Gasteiger partial charge on any atom is 0.321 e. The second-order valence-electron chi connectivity index (χ2n) is 5.28. The van der Waals surface area contributed by atoms with E-state index in [-0.39, 0.29) is 6.10 Å². The van der Waals surface area contributed by atoms with E-state index in [4.69, 9.17) is 9.84 Å². The van der Waals surface area contributed by atoms with Crippen LogP contribution in [0.25, 0.3) is 10.8 Å². The number of rotatable bonds is 3. The lowest BCUT2D eigenvalue weighted by atomic mass is 10.1. The van der Waals surface area contributed by atoms with E-state index in [1.807, 2.05) is 48.3 Å². The molecule has 0 radical (unpaired) electrons. The number of ether oxygens (including phenoxy) is 1. The van der Waals surface area contributed by atoms with Crippen LogP contribution in [-0.4, -0.2) is 41.7 Å². The molecule has 4 heteroatoms. The number of benzene rings is 2. The fraction of sp³-hybridized carbons (Fsp3) is 0.312. The number of hydrogen-bond acceptors (Lipinski definition) is 3. The van der Waals surface area contributed by atoms with Crippen molar-refractivity contribution in [2.45, 2.75) is 18.6 Å². The van der Waals surface area contributed by atoms with Crippen LogP contribution in [0, 0.1) is 0 Å². The Kier molecular flexibility index (Phi) is 3.32. The molecule has 0 aliphatic carbocycles. The molecule has 20 heavy (non-hydrogen) atoms. The summed E-state index contributed by atoms with van der Waals surface area (Å²) < 4.78 is 5.93. The number of carboxylic acid groups (broad SMARTS) is 1. The van der Waals surface area contributed by atoms with Crippen LogP contribution in [0.3, 0.4) is 0 Å². The summed E-state index contributed by atoms with van der Waals surface area (Å²) in [4.78, 5) is 12.9. The van der Waals surface area contributed by atoms with Gasteiger partial charge in [0.2, 0.25) is 0 Å². The molecule has 1 N–H and O–H groups in total. The molecule has 2 aromatic rings. The second-order valence-corrected chi connectivity index (χ2v) is 5.28. The molecular formula is C16H17NO3. The van der Waals surface area contributed by atoms with Gasteiger partial charge in [-0.2, -0.15) is 0 Å². The molecular weight excluding hydrogens is 254 g/mol. The molecule has 4 nitrogen and oxygen atoms in total. The molecule has 3 rings (SSSR count). The summed E-state index contributed by atoms with van der Waals surface area (Å²) in [6.07, 6.45) is 0.459. The SMILES string of the molecule is CN1C[C@@H](Oc2ccc3ccccc3c2)C[C@H]1C(=O)O. The van der Waals surface area contributed by atoms with Crippen LogP contribution >= 0.6 is 0 Å². The van der Waals surface area contributed by atoms with Crippen molar-refractivity contribution in [2.75, 3.05) is 13.6 Å². The maximum atomic E-state index is 11.1. The molecule has 1 heterocycles. The van der Waals surface area contributed by atoms with Gasteiger partial charge in [0.25, 0.3) is 0 Å². The van der Waals surface area contributed by atoms with Gasteiger partial charge in [0.15, 0.2) is 0 Å². The predicted molar refractivity (Wildman–Crippen MR) is 77.0 cm³/mol. The van der Waals surface area contributed by atoms with E-state index in [1.165, 1.54) is 5.39 Å². The standard InChI is InChI=1S/C16H17NO3/c1-17-10-14(9-15(17)16(18)19)20-13-7-6-11-4-2-3-5-12(11)8-13/h2-8,14-15H,9-10H2,1H3,(H,18,19)/t14-,15-/m0/s1. The van der Waals surface area contributed by atoms with Gasteiger partial charge in [-0.25, -0.2) is 0 Å². The van der Waals surface area contributed by atoms with Crippen LogP contribution in [0.2, 0.25) is 0 Å². The molecule has 1 fully saturated rings. The van der Waals surface area contributed by atoms with Crippen LogP contribution in [0.1, 0.15) is 6.42 Å². The number of carboxylic acids is 1. The maximum absolute atomic E-state index is 11.1. The molecule has 0 saturated carbocycles. The van der Waals surface area contributed by atoms with Crippen molar-refractivity contribution in [2.24, 2.45) is 0 Å². The highest BCUT2D eigenvalue weighted by Gasteiger charge is 2.35. The monoisotopic (exact) mass is 271 g/mol. The van der Waals surface area contributed by atoms with Crippen molar-refractivity contribution in [1.29, 1.82) is 0 Å². The number of fused-ring (bicyclic) bond motifs is 1. The average molecular weight is 271 g/mol. The van der Waals surface area contributed by atoms with Gasteiger partial charge < -0.3 is 9.84 Å². The minimum absolute atomic E-state index is 0.0673. The van der Waals surface area contributed by atoms with Crippen molar-refractivity contribution >= 4 is 16.7 Å². The third-order valence-electron chi connectivity index (χ3n) is 3.82. The zero-order chi connectivity index (χ0) is 14.1. The Morgan fingerprint density at radius 2 is 2.00 bits per heavy atom. The molecule has 0 unspecified atom stereocenters. The van der Waals surface area contributed by atoms with Gasteiger partial charge >= 0.3 is 5.97 Å². The summed E-state index contributed by atoms with van der Waals surface area (Å²) in [5.41, 5.74) is 0. The molecule has 104 valence electrons. The van der Waals surface area contributed by atoms with E-state index in [2.05, 4.69) is 6.07 Å². The zero-order valence-electron chi connectivity index (χ0n) is 11.3. The van der Waals surface area contributed by atoms with Crippen molar-refractivity contribution in [1.82, 2.24) is 4.90 Å². The van der Waals surface area contributed by atoms with Gasteiger partial charge in [-0.05, 0) is 30.0 Å². The Bertz CT molecular complexity index is 640. The summed E-state index contributed by atoms with van der Waals surface area (Å²) in [5.74, 6) is 0.0188. The Labute approximate surface area is 117 Å². The van der Waals surface area contributed by atoms with Crippen LogP contribution in [0.4, 0.5) is 0 Å². The lowest BCUT2D eigenvalue weighted by Gasteiger charge is -2.14. The Hall–Kier alpha value is -2.07. The summed E-state index contributed by atoms with van der Waals surface area (Å²) >= 11 is 0. The topological polar surface area (TPSA) is 49.8 Å². The van der Waals surface area contributed by atoms with Gasteiger partial charge in [-0.1, -0.05) is 30.3 Å². The first-order valence-electron chi connectivity index (χ1n) is 6.72. The van der Waals surface area contributed by atoms with E-state index >= 15 is 0 Å². The molecule has 1 saturated heterocycles. The molecule has 0 bridgehead atoms. The Morgan fingerprint density at radius 3 is 2.70 bits per heavy atom. The largest absolute Gasteiger partial charge is 0.489 e. The predicted octanol–water partition coefficient (Wildman–Crippen LogP) is 2.38. The average Bonchev–Trinajstić information content (AvgIpc) is 2.79. The van der Waals surface area contributed by atoms with E-state index in [0.717, 1.165) is 11.1 Å². The van der Waals surface area contributed by atoms with Gasteiger partial charge in [0, 0.05) is 13.0 Å². The fourth-order valence-corrected chi connectivity index (χ4v) is 2.76. The van der Waals surface area contributed by atoms with Crippen molar-refractivity contribution in [3.8, 4) is 5.75 Å². The lowest BCUT2D eigenvalue weighted by Crippen LogP contribution is -2.32. The van der Waals surface area contributed by atoms with Gasteiger partial charge in [0.05, 0.1) is 0 Å². The first-order valence-corrected chi connectivity index (χ1v) is 6.72. The summed E-state index contributed by atoms with van der Waals surface area (Å²) in [6.45, 7) is 0.643. The third kappa shape index (κ3) is 2.47. The van der Waals surface area contributed by atoms with Crippen molar-refractivity contribution in [3.05, 3.63) is 42.5 Å². The summed E-state index contributed by atoms with van der Waals surface area (Å²) in [7, 11) is 1.82. The van der Waals surface area contributed by atoms with E-state index in [0.29, 0.717) is 13.0 Å². The van der Waals surface area contributed by atoms with Gasteiger partial charge in [-0.15, -0.1) is 0 Å².